The molecule has 1 aromatic rings. The number of nitrogens with one attached hydrogen (secondary N) is 1. The van der Waals surface area contributed by atoms with Gasteiger partial charge in [-0.15, -0.1) is 9.24 Å². The highest BCUT2D eigenvalue weighted by molar-refractivity contribution is 7.27. The average molecular weight is 223 g/mol. The van der Waals surface area contributed by atoms with Crippen molar-refractivity contribution >= 4 is 20.2 Å². The quantitative estimate of drug-likeness (QED) is 0.721. The number of benzene rings is 1. The fourth-order valence-corrected chi connectivity index (χ4v) is 2.39. The van der Waals surface area contributed by atoms with Gasteiger partial charge >= 0.3 is 0 Å². The van der Waals surface area contributed by atoms with E-state index in [0.29, 0.717) is 0 Å². The topological polar surface area (TPSA) is 12.0 Å². The molecule has 1 heterocycles. The van der Waals surface area contributed by atoms with Crippen molar-refractivity contribution in [1.29, 1.82) is 0 Å². The lowest BCUT2D eigenvalue weighted by Gasteiger charge is -2.21. The molecule has 1 aliphatic heterocycles. The zero-order valence-electron chi connectivity index (χ0n) is 10.1. The summed E-state index contributed by atoms with van der Waals surface area (Å²) in [5.74, 6) is 0. The van der Waals surface area contributed by atoms with Crippen LogP contribution in [0.15, 0.2) is 12.1 Å². The third-order valence-corrected chi connectivity index (χ3v) is 2.96. The fraction of sp³-hybridized carbons (Fsp3) is 0.538. The van der Waals surface area contributed by atoms with E-state index in [1.165, 1.54) is 35.0 Å². The summed E-state index contributed by atoms with van der Waals surface area (Å²) in [5.41, 5.74) is 4.36. The molecule has 2 rings (SSSR count). The largest absolute Gasteiger partial charge is 0.385 e. The van der Waals surface area contributed by atoms with Crippen molar-refractivity contribution in [2.45, 2.75) is 40.0 Å². The van der Waals surface area contributed by atoms with E-state index in [1.807, 2.05) is 13.8 Å². The number of hydrogen-bond acceptors (Lipinski definition) is 1. The Balaban J connectivity index is 0.000000531. The zero-order valence-corrected chi connectivity index (χ0v) is 11.2. The first-order valence-corrected chi connectivity index (χ1v) is 6.54. The minimum absolute atomic E-state index is 1.12. The maximum Gasteiger partial charge on any atom is 0.0405 e. The van der Waals surface area contributed by atoms with Crippen molar-refractivity contribution in [2.24, 2.45) is 0 Å². The Morgan fingerprint density at radius 2 is 2.07 bits per heavy atom. The lowest BCUT2D eigenvalue weighted by Crippen LogP contribution is -2.15. The number of aryl methyl sites for hydroxylation is 2. The number of hydrogen-bond donors (Lipinski definition) is 1. The van der Waals surface area contributed by atoms with E-state index >= 15 is 0 Å². The number of fused-ring (bicyclic) bond motifs is 1. The summed E-state index contributed by atoms with van der Waals surface area (Å²) in [6.45, 7) is 7.35. The van der Waals surface area contributed by atoms with Crippen LogP contribution in [-0.4, -0.2) is 6.54 Å². The Labute approximate surface area is 95.9 Å². The maximum absolute atomic E-state index is 3.50. The van der Waals surface area contributed by atoms with Gasteiger partial charge in [0.1, 0.15) is 0 Å². The van der Waals surface area contributed by atoms with Gasteiger partial charge in [0.25, 0.3) is 0 Å². The normalized spacial score (nSPS) is 13.3. The first-order valence-electron chi connectivity index (χ1n) is 5.96. The minimum Gasteiger partial charge on any atom is -0.385 e. The van der Waals surface area contributed by atoms with Crippen LogP contribution in [0.5, 0.6) is 0 Å². The highest BCUT2D eigenvalue weighted by Crippen LogP contribution is 2.26. The second-order valence-electron chi connectivity index (χ2n) is 3.60. The molecular weight excluding hydrogens is 201 g/mol. The SMILES string of the molecule is CC.CCc1cc(P)cc2c1NCCC2. The Kier molecular flexibility index (Phi) is 5.11. The zero-order chi connectivity index (χ0) is 11.3. The van der Waals surface area contributed by atoms with E-state index in [4.69, 9.17) is 0 Å². The Hall–Kier alpha value is -0.550. The number of rotatable bonds is 1. The van der Waals surface area contributed by atoms with Crippen molar-refractivity contribution in [1.82, 2.24) is 0 Å². The van der Waals surface area contributed by atoms with Gasteiger partial charge in [-0.2, -0.15) is 0 Å². The lowest BCUT2D eigenvalue weighted by atomic mass is 9.98. The first-order chi connectivity index (χ1) is 7.31. The summed E-state index contributed by atoms with van der Waals surface area (Å²) in [6, 6.07) is 4.55. The van der Waals surface area contributed by atoms with Crippen molar-refractivity contribution in [3.8, 4) is 0 Å². The Bertz CT molecular complexity index is 303. The van der Waals surface area contributed by atoms with E-state index in [2.05, 4.69) is 33.6 Å². The molecule has 0 saturated heterocycles. The average Bonchev–Trinajstić information content (AvgIpc) is 2.30. The van der Waals surface area contributed by atoms with Gasteiger partial charge in [0, 0.05) is 12.2 Å². The summed E-state index contributed by atoms with van der Waals surface area (Å²) < 4.78 is 0. The van der Waals surface area contributed by atoms with Gasteiger partial charge in [0.05, 0.1) is 0 Å². The van der Waals surface area contributed by atoms with Crippen molar-refractivity contribution in [3.05, 3.63) is 23.3 Å². The van der Waals surface area contributed by atoms with Gasteiger partial charge in [-0.1, -0.05) is 20.8 Å². The van der Waals surface area contributed by atoms with Gasteiger partial charge < -0.3 is 5.32 Å². The molecule has 0 radical (unpaired) electrons. The van der Waals surface area contributed by atoms with Crippen LogP contribution in [-0.2, 0) is 12.8 Å². The fourth-order valence-electron chi connectivity index (χ4n) is 1.99. The molecule has 1 unspecified atom stereocenters. The molecule has 0 aromatic heterocycles. The summed E-state index contributed by atoms with van der Waals surface area (Å²) in [5, 5.41) is 4.82. The molecule has 1 aliphatic rings. The van der Waals surface area contributed by atoms with E-state index in [1.54, 1.807) is 0 Å². The predicted octanol–water partition coefficient (Wildman–Crippen LogP) is 3.13. The Morgan fingerprint density at radius 1 is 1.33 bits per heavy atom. The Morgan fingerprint density at radius 3 is 2.73 bits per heavy atom. The molecule has 1 N–H and O–H groups in total. The van der Waals surface area contributed by atoms with Crippen molar-refractivity contribution in [3.63, 3.8) is 0 Å². The molecule has 0 bridgehead atoms. The van der Waals surface area contributed by atoms with Crippen LogP contribution in [0.2, 0.25) is 0 Å². The molecule has 84 valence electrons. The monoisotopic (exact) mass is 223 g/mol. The van der Waals surface area contributed by atoms with Crippen molar-refractivity contribution < 1.29 is 0 Å². The van der Waals surface area contributed by atoms with E-state index in [-0.39, 0.29) is 0 Å². The lowest BCUT2D eigenvalue weighted by molar-refractivity contribution is 0.825. The standard InChI is InChI=1S/C11H16NP.C2H6/c1-2-8-6-10(13)7-9-4-3-5-12-11(8)9;1-2/h6-7,12H,2-5,13H2,1H3;1-2H3. The summed E-state index contributed by atoms with van der Waals surface area (Å²) in [6.07, 6.45) is 3.62. The van der Waals surface area contributed by atoms with Crippen LogP contribution in [0.25, 0.3) is 0 Å². The third kappa shape index (κ3) is 2.95. The predicted molar refractivity (Wildman–Crippen MR) is 73.3 cm³/mol. The van der Waals surface area contributed by atoms with Gasteiger partial charge in [-0.05, 0) is 47.8 Å². The molecule has 2 heteroatoms. The first kappa shape index (κ1) is 12.5. The molecule has 1 nitrogen and oxygen atoms in total. The van der Waals surface area contributed by atoms with Crippen LogP contribution in [0.4, 0.5) is 5.69 Å². The molecule has 1 atom stereocenters. The maximum atomic E-state index is 3.50. The molecule has 0 spiro atoms. The van der Waals surface area contributed by atoms with E-state index in [9.17, 15) is 0 Å². The van der Waals surface area contributed by atoms with E-state index in [0.717, 1.165) is 13.0 Å². The van der Waals surface area contributed by atoms with E-state index < -0.39 is 0 Å². The van der Waals surface area contributed by atoms with Crippen LogP contribution < -0.4 is 10.6 Å². The third-order valence-electron chi connectivity index (χ3n) is 2.63. The highest BCUT2D eigenvalue weighted by Gasteiger charge is 2.11. The van der Waals surface area contributed by atoms with Crippen LogP contribution in [0.1, 0.15) is 38.3 Å². The molecule has 1 aromatic carbocycles. The number of anilines is 1. The summed E-state index contributed by atoms with van der Waals surface area (Å²) in [4.78, 5) is 0. The highest BCUT2D eigenvalue weighted by atomic mass is 31.0. The second-order valence-corrected chi connectivity index (χ2v) is 4.26. The van der Waals surface area contributed by atoms with Gasteiger partial charge in [-0.3, -0.25) is 0 Å². The molecule has 0 fully saturated rings. The van der Waals surface area contributed by atoms with Crippen LogP contribution >= 0.6 is 9.24 Å². The van der Waals surface area contributed by atoms with Crippen LogP contribution in [0.3, 0.4) is 0 Å². The second kappa shape index (κ2) is 6.12. The molecule has 0 saturated carbocycles. The summed E-state index contributed by atoms with van der Waals surface area (Å²) >= 11 is 0. The van der Waals surface area contributed by atoms with Gasteiger partial charge in [-0.25, -0.2) is 0 Å². The molecule has 0 amide bonds. The van der Waals surface area contributed by atoms with Crippen LogP contribution in [0, 0.1) is 0 Å². The smallest absolute Gasteiger partial charge is 0.0405 e. The van der Waals surface area contributed by atoms with Crippen molar-refractivity contribution in [2.75, 3.05) is 11.9 Å². The summed E-state index contributed by atoms with van der Waals surface area (Å²) in [7, 11) is 2.80. The van der Waals surface area contributed by atoms with Gasteiger partial charge in [0.2, 0.25) is 0 Å². The van der Waals surface area contributed by atoms with Gasteiger partial charge in [0.15, 0.2) is 0 Å². The molecule has 0 aliphatic carbocycles. The minimum atomic E-state index is 1.12. The molecule has 15 heavy (non-hydrogen) atoms. The molecular formula is C13H22NP.